The van der Waals surface area contributed by atoms with Crippen molar-refractivity contribution in [2.75, 3.05) is 5.32 Å². The number of nitro groups is 1. The zero-order chi connectivity index (χ0) is 15.7. The molecule has 110 valence electrons. The van der Waals surface area contributed by atoms with E-state index < -0.39 is 43.3 Å². The van der Waals surface area contributed by atoms with E-state index in [-0.39, 0.29) is 0 Å². The lowest BCUT2D eigenvalue weighted by Crippen LogP contribution is -2.30. The molecule has 3 N–H and O–H groups in total. The SMILES string of the molecule is NS(=O)(=O)c1ccc(NC(=O)C(F)(F)F)c([N+](=O)[O-])c1. The Bertz CT molecular complexity index is 670. The fourth-order valence-corrected chi connectivity index (χ4v) is 1.67. The highest BCUT2D eigenvalue weighted by Crippen LogP contribution is 2.28. The van der Waals surface area contributed by atoms with Gasteiger partial charge in [-0.2, -0.15) is 13.2 Å². The van der Waals surface area contributed by atoms with Crippen molar-refractivity contribution in [3.63, 3.8) is 0 Å². The Kier molecular flexibility index (Phi) is 4.00. The van der Waals surface area contributed by atoms with E-state index in [1.807, 2.05) is 0 Å². The quantitative estimate of drug-likeness (QED) is 0.627. The highest BCUT2D eigenvalue weighted by Gasteiger charge is 2.39. The molecule has 0 fully saturated rings. The van der Waals surface area contributed by atoms with Gasteiger partial charge in [0.15, 0.2) is 0 Å². The fourth-order valence-electron chi connectivity index (χ4n) is 1.14. The Morgan fingerprint density at radius 1 is 1.35 bits per heavy atom. The second-order valence-corrected chi connectivity index (χ2v) is 4.99. The third-order valence-corrected chi connectivity index (χ3v) is 2.91. The van der Waals surface area contributed by atoms with Gasteiger partial charge in [0.05, 0.1) is 9.82 Å². The number of hydrogen-bond acceptors (Lipinski definition) is 5. The van der Waals surface area contributed by atoms with E-state index in [1.165, 1.54) is 5.32 Å². The second kappa shape index (κ2) is 5.05. The van der Waals surface area contributed by atoms with Crippen LogP contribution in [0, 0.1) is 10.1 Å². The Balaban J connectivity index is 3.29. The monoisotopic (exact) mass is 313 g/mol. The van der Waals surface area contributed by atoms with Crippen LogP contribution in [0.15, 0.2) is 23.1 Å². The summed E-state index contributed by atoms with van der Waals surface area (Å²) in [5.41, 5.74) is -1.83. The highest BCUT2D eigenvalue weighted by atomic mass is 32.2. The number of alkyl halides is 3. The summed E-state index contributed by atoms with van der Waals surface area (Å²) >= 11 is 0. The van der Waals surface area contributed by atoms with Gasteiger partial charge in [-0.25, -0.2) is 13.6 Å². The molecule has 1 rings (SSSR count). The molecule has 0 bridgehead atoms. The van der Waals surface area contributed by atoms with Crippen LogP contribution in [0.1, 0.15) is 0 Å². The fraction of sp³-hybridized carbons (Fsp3) is 0.125. The summed E-state index contributed by atoms with van der Waals surface area (Å²) in [5.74, 6) is -2.43. The molecule has 0 aliphatic carbocycles. The van der Waals surface area contributed by atoms with Crippen LogP contribution in [0.5, 0.6) is 0 Å². The van der Waals surface area contributed by atoms with E-state index in [0.717, 1.165) is 6.07 Å². The molecule has 0 aliphatic heterocycles. The maximum absolute atomic E-state index is 12.0. The number of benzene rings is 1. The minimum atomic E-state index is -5.24. The van der Waals surface area contributed by atoms with Crippen LogP contribution in [0.2, 0.25) is 0 Å². The number of rotatable bonds is 3. The van der Waals surface area contributed by atoms with Gasteiger partial charge in [-0.15, -0.1) is 0 Å². The van der Waals surface area contributed by atoms with Gasteiger partial charge in [0.25, 0.3) is 5.69 Å². The Morgan fingerprint density at radius 3 is 2.30 bits per heavy atom. The lowest BCUT2D eigenvalue weighted by molar-refractivity contribution is -0.384. The van der Waals surface area contributed by atoms with Gasteiger partial charge >= 0.3 is 12.1 Å². The molecule has 0 heterocycles. The number of nitro benzene ring substituents is 1. The van der Waals surface area contributed by atoms with Crippen molar-refractivity contribution in [1.29, 1.82) is 0 Å². The van der Waals surface area contributed by atoms with Crippen LogP contribution >= 0.6 is 0 Å². The molecule has 0 atom stereocenters. The van der Waals surface area contributed by atoms with E-state index in [9.17, 15) is 36.5 Å². The average molecular weight is 313 g/mol. The van der Waals surface area contributed by atoms with Gasteiger partial charge in [-0.1, -0.05) is 0 Å². The lowest BCUT2D eigenvalue weighted by Gasteiger charge is -2.09. The number of amides is 1. The standard InChI is InChI=1S/C8H6F3N3O5S/c9-8(10,11)7(15)13-5-2-1-4(20(12,18)19)3-6(5)14(16)17/h1-3H,(H,13,15)(H2,12,18,19). The van der Waals surface area contributed by atoms with E-state index >= 15 is 0 Å². The number of sulfonamides is 1. The molecule has 0 radical (unpaired) electrons. The molecule has 12 heteroatoms. The number of nitrogens with one attached hydrogen (secondary N) is 1. The predicted octanol–water partition coefficient (Wildman–Crippen LogP) is 0.743. The van der Waals surface area contributed by atoms with Gasteiger partial charge in [-0.05, 0) is 12.1 Å². The smallest absolute Gasteiger partial charge is 0.312 e. The summed E-state index contributed by atoms with van der Waals surface area (Å²) in [4.78, 5) is 19.5. The molecule has 1 amide bonds. The maximum atomic E-state index is 12.0. The number of carbonyl (C=O) groups is 1. The summed E-state index contributed by atoms with van der Waals surface area (Å²) in [6.45, 7) is 0. The van der Waals surface area contributed by atoms with Crippen LogP contribution in [0.3, 0.4) is 0 Å². The van der Waals surface area contributed by atoms with Gasteiger partial charge in [0, 0.05) is 6.07 Å². The number of carbonyl (C=O) groups excluding carboxylic acids is 1. The molecule has 0 aromatic heterocycles. The first-order valence-corrected chi connectivity index (χ1v) is 6.17. The third-order valence-electron chi connectivity index (χ3n) is 2.00. The van der Waals surface area contributed by atoms with Crippen LogP contribution in [0.4, 0.5) is 24.5 Å². The summed E-state index contributed by atoms with van der Waals surface area (Å²) in [6.07, 6.45) is -5.24. The van der Waals surface area contributed by atoms with E-state index in [4.69, 9.17) is 5.14 Å². The normalized spacial score (nSPS) is 12.0. The minimum absolute atomic E-state index is 0.446. The van der Waals surface area contributed by atoms with Gasteiger partial charge in [-0.3, -0.25) is 14.9 Å². The van der Waals surface area contributed by atoms with Gasteiger partial charge < -0.3 is 5.32 Å². The molecular formula is C8H6F3N3O5S. The Morgan fingerprint density at radius 2 is 1.90 bits per heavy atom. The Labute approximate surface area is 109 Å². The molecule has 0 unspecified atom stereocenters. The first kappa shape index (κ1) is 15.8. The summed E-state index contributed by atoms with van der Waals surface area (Å²) in [6, 6.07) is 1.82. The van der Waals surface area contributed by atoms with Crippen molar-refractivity contribution in [2.24, 2.45) is 5.14 Å². The number of nitrogens with zero attached hydrogens (tertiary/aromatic N) is 1. The molecular weight excluding hydrogens is 307 g/mol. The van der Waals surface area contributed by atoms with Crippen LogP contribution in [-0.2, 0) is 14.8 Å². The molecule has 0 saturated carbocycles. The van der Waals surface area contributed by atoms with E-state index in [1.54, 1.807) is 0 Å². The largest absolute Gasteiger partial charge is 0.471 e. The molecule has 8 nitrogen and oxygen atoms in total. The molecule has 0 saturated heterocycles. The molecule has 1 aromatic carbocycles. The van der Waals surface area contributed by atoms with Gasteiger partial charge in [0.1, 0.15) is 5.69 Å². The topological polar surface area (TPSA) is 132 Å². The number of nitrogens with two attached hydrogens (primary N) is 1. The molecule has 20 heavy (non-hydrogen) atoms. The van der Waals surface area contributed by atoms with Crippen molar-refractivity contribution in [3.8, 4) is 0 Å². The number of halogens is 3. The van der Waals surface area contributed by atoms with Crippen LogP contribution in [0.25, 0.3) is 0 Å². The van der Waals surface area contributed by atoms with Crippen LogP contribution in [-0.4, -0.2) is 25.4 Å². The van der Waals surface area contributed by atoms with Crippen molar-refractivity contribution < 1.29 is 31.3 Å². The molecule has 0 spiro atoms. The summed E-state index contributed by atoms with van der Waals surface area (Å²) < 4.78 is 58.1. The average Bonchev–Trinajstić information content (AvgIpc) is 2.26. The van der Waals surface area contributed by atoms with Crippen LogP contribution < -0.4 is 10.5 Å². The minimum Gasteiger partial charge on any atom is -0.312 e. The van der Waals surface area contributed by atoms with E-state index in [2.05, 4.69) is 0 Å². The maximum Gasteiger partial charge on any atom is 0.471 e. The zero-order valence-electron chi connectivity index (χ0n) is 9.34. The summed E-state index contributed by atoms with van der Waals surface area (Å²) in [5, 5.41) is 16.7. The van der Waals surface area contributed by atoms with Crippen molar-refractivity contribution in [2.45, 2.75) is 11.1 Å². The Hall–Kier alpha value is -2.21. The van der Waals surface area contributed by atoms with Crippen molar-refractivity contribution in [3.05, 3.63) is 28.3 Å². The number of hydrogen-bond donors (Lipinski definition) is 2. The predicted molar refractivity (Wildman–Crippen MR) is 59.2 cm³/mol. The van der Waals surface area contributed by atoms with Crippen molar-refractivity contribution >= 4 is 27.3 Å². The molecule has 1 aromatic rings. The third kappa shape index (κ3) is 3.64. The number of primary sulfonamides is 1. The zero-order valence-corrected chi connectivity index (χ0v) is 10.2. The first-order chi connectivity index (χ1) is 8.93. The lowest BCUT2D eigenvalue weighted by atomic mass is 10.2. The van der Waals surface area contributed by atoms with Gasteiger partial charge in [0.2, 0.25) is 10.0 Å². The first-order valence-electron chi connectivity index (χ1n) is 4.62. The van der Waals surface area contributed by atoms with Crippen molar-refractivity contribution in [1.82, 2.24) is 0 Å². The second-order valence-electron chi connectivity index (χ2n) is 3.43. The number of anilines is 1. The highest BCUT2D eigenvalue weighted by molar-refractivity contribution is 7.89. The van der Waals surface area contributed by atoms with E-state index in [0.29, 0.717) is 12.1 Å². The molecule has 0 aliphatic rings. The summed E-state index contributed by atoms with van der Waals surface area (Å²) in [7, 11) is -4.27.